The van der Waals surface area contributed by atoms with Gasteiger partial charge in [0.1, 0.15) is 5.82 Å². The number of carboxylic acid groups (broad SMARTS) is 1. The van der Waals surface area contributed by atoms with Crippen LogP contribution in [0.3, 0.4) is 0 Å². The van der Waals surface area contributed by atoms with Crippen molar-refractivity contribution in [2.45, 2.75) is 58.2 Å². The topological polar surface area (TPSA) is 61.6 Å². The predicted molar refractivity (Wildman–Crippen MR) is 157 cm³/mol. The van der Waals surface area contributed by atoms with E-state index in [0.717, 1.165) is 75.4 Å². The molecule has 0 aliphatic carbocycles. The second-order valence-corrected chi connectivity index (χ2v) is 10.6. The molecule has 0 bridgehead atoms. The van der Waals surface area contributed by atoms with Crippen molar-refractivity contribution >= 4 is 17.0 Å². The first kappa shape index (κ1) is 27.1. The van der Waals surface area contributed by atoms with Gasteiger partial charge in [0.25, 0.3) is 0 Å². The molecule has 0 saturated carbocycles. The van der Waals surface area contributed by atoms with Crippen molar-refractivity contribution in [3.63, 3.8) is 0 Å². The van der Waals surface area contributed by atoms with Crippen molar-refractivity contribution in [2.75, 3.05) is 26.2 Å². The number of fused-ring (bicyclic) bond motifs is 1. The van der Waals surface area contributed by atoms with Gasteiger partial charge in [0.15, 0.2) is 0 Å². The Hall–Kier alpha value is -3.48. The Kier molecular flexibility index (Phi) is 9.07. The number of rotatable bonds is 12. The summed E-state index contributed by atoms with van der Waals surface area (Å²) in [4.78, 5) is 21.3. The average molecular weight is 525 g/mol. The van der Waals surface area contributed by atoms with Crippen molar-refractivity contribution in [1.82, 2.24) is 19.4 Å². The first-order valence-corrected chi connectivity index (χ1v) is 14.4. The Morgan fingerprint density at radius 2 is 1.56 bits per heavy atom. The number of piperazine rings is 1. The smallest absolute Gasteiger partial charge is 0.303 e. The minimum absolute atomic E-state index is 0.112. The molecule has 3 aromatic carbocycles. The van der Waals surface area contributed by atoms with E-state index >= 15 is 0 Å². The molecule has 0 radical (unpaired) electrons. The minimum atomic E-state index is -0.774. The van der Waals surface area contributed by atoms with Gasteiger partial charge >= 0.3 is 5.97 Å². The number of nitrogens with zero attached hydrogens (tertiary/aromatic N) is 4. The van der Waals surface area contributed by atoms with Crippen molar-refractivity contribution in [1.29, 1.82) is 0 Å². The van der Waals surface area contributed by atoms with Crippen LogP contribution >= 0.6 is 0 Å². The maximum atomic E-state index is 11.2. The fourth-order valence-electron chi connectivity index (χ4n) is 5.83. The largest absolute Gasteiger partial charge is 0.481 e. The molecule has 6 heteroatoms. The van der Waals surface area contributed by atoms with E-state index in [0.29, 0.717) is 6.42 Å². The highest BCUT2D eigenvalue weighted by atomic mass is 16.4. The van der Waals surface area contributed by atoms with Crippen LogP contribution in [0.4, 0.5) is 0 Å². The third-order valence-electron chi connectivity index (χ3n) is 7.85. The molecular formula is C33H40N4O2. The zero-order chi connectivity index (χ0) is 27.0. The molecule has 204 valence electrons. The van der Waals surface area contributed by atoms with E-state index in [1.807, 2.05) is 0 Å². The van der Waals surface area contributed by atoms with E-state index in [4.69, 9.17) is 4.98 Å². The van der Waals surface area contributed by atoms with Crippen LogP contribution < -0.4 is 0 Å². The van der Waals surface area contributed by atoms with Gasteiger partial charge in [-0.3, -0.25) is 14.6 Å². The minimum Gasteiger partial charge on any atom is -0.481 e. The fraction of sp³-hybridized carbons (Fsp3) is 0.394. The van der Waals surface area contributed by atoms with E-state index in [9.17, 15) is 9.90 Å². The molecule has 1 fully saturated rings. The fourth-order valence-corrected chi connectivity index (χ4v) is 5.83. The Bertz CT molecular complexity index is 1300. The van der Waals surface area contributed by atoms with E-state index in [2.05, 4.69) is 100 Å². The van der Waals surface area contributed by atoms with Gasteiger partial charge in [-0.15, -0.1) is 0 Å². The summed E-state index contributed by atoms with van der Waals surface area (Å²) in [6.45, 7) is 8.06. The highest BCUT2D eigenvalue weighted by Gasteiger charge is 2.26. The molecule has 0 atom stereocenters. The molecule has 2 heterocycles. The number of imidazole rings is 1. The molecule has 1 aliphatic heterocycles. The molecule has 1 aromatic heterocycles. The van der Waals surface area contributed by atoms with Crippen molar-refractivity contribution in [3.05, 3.63) is 101 Å². The summed E-state index contributed by atoms with van der Waals surface area (Å²) in [6, 6.07) is 28.6. The third-order valence-corrected chi connectivity index (χ3v) is 7.85. The summed E-state index contributed by atoms with van der Waals surface area (Å²) < 4.78 is 2.24. The lowest BCUT2D eigenvalue weighted by molar-refractivity contribution is -0.137. The van der Waals surface area contributed by atoms with Crippen molar-refractivity contribution in [3.8, 4) is 0 Å². The molecule has 1 aliphatic rings. The van der Waals surface area contributed by atoms with Gasteiger partial charge in [-0.1, -0.05) is 86.5 Å². The van der Waals surface area contributed by atoms with E-state index in [1.54, 1.807) is 0 Å². The van der Waals surface area contributed by atoms with Crippen molar-refractivity contribution < 1.29 is 9.90 Å². The SMILES string of the molecule is CCCCCn1c(CCC(=O)O)nc2cc(CN3CCN(C(c4ccccc4)c4ccccc4)CC3)ccc21. The summed E-state index contributed by atoms with van der Waals surface area (Å²) in [6.07, 6.45) is 3.99. The van der Waals surface area contributed by atoms with Crippen LogP contribution in [0.15, 0.2) is 78.9 Å². The first-order valence-electron chi connectivity index (χ1n) is 14.4. The Morgan fingerprint density at radius 1 is 0.897 bits per heavy atom. The molecule has 1 saturated heterocycles. The highest BCUT2D eigenvalue weighted by Crippen LogP contribution is 2.30. The quantitative estimate of drug-likeness (QED) is 0.225. The van der Waals surface area contributed by atoms with Gasteiger partial charge in [-0.25, -0.2) is 4.98 Å². The molecule has 1 N–H and O–H groups in total. The van der Waals surface area contributed by atoms with Gasteiger partial charge in [0, 0.05) is 45.7 Å². The number of hydrogen-bond acceptors (Lipinski definition) is 4. The summed E-state index contributed by atoms with van der Waals surface area (Å²) in [5.41, 5.74) is 6.05. The molecule has 0 spiro atoms. The lowest BCUT2D eigenvalue weighted by atomic mass is 9.96. The molecular weight excluding hydrogens is 484 g/mol. The monoisotopic (exact) mass is 524 g/mol. The van der Waals surface area contributed by atoms with Crippen LogP contribution in [0.2, 0.25) is 0 Å². The Labute approximate surface area is 231 Å². The second-order valence-electron chi connectivity index (χ2n) is 10.6. The number of hydrogen-bond donors (Lipinski definition) is 1. The van der Waals surface area contributed by atoms with Crippen LogP contribution in [-0.4, -0.2) is 56.6 Å². The normalized spacial score (nSPS) is 14.8. The number of carboxylic acids is 1. The standard InChI is InChI=1S/C33H40N4O2/c1-2-3-10-19-37-30-16-15-26(24-29(30)34-31(37)17-18-32(38)39)25-35-20-22-36(23-21-35)33(27-11-6-4-7-12-27)28-13-8-5-9-14-28/h4-9,11-16,24,33H,2-3,10,17-23,25H2,1H3,(H,38,39). The summed E-state index contributed by atoms with van der Waals surface area (Å²) in [7, 11) is 0. The lowest BCUT2D eigenvalue weighted by Crippen LogP contribution is -2.47. The Balaban J connectivity index is 1.27. The van der Waals surface area contributed by atoms with Gasteiger partial charge in [-0.05, 0) is 35.2 Å². The molecule has 6 nitrogen and oxygen atoms in total. The maximum Gasteiger partial charge on any atom is 0.303 e. The molecule has 5 rings (SSSR count). The van der Waals surface area contributed by atoms with Gasteiger partial charge in [0.05, 0.1) is 23.5 Å². The van der Waals surface area contributed by atoms with Gasteiger partial charge < -0.3 is 9.67 Å². The van der Waals surface area contributed by atoms with E-state index in [-0.39, 0.29) is 12.5 Å². The number of carbonyl (C=O) groups is 1. The number of aromatic nitrogens is 2. The summed E-state index contributed by atoms with van der Waals surface area (Å²) in [5.74, 6) is 0.117. The van der Waals surface area contributed by atoms with Crippen LogP contribution in [0.25, 0.3) is 11.0 Å². The zero-order valence-corrected chi connectivity index (χ0v) is 23.0. The summed E-state index contributed by atoms with van der Waals surface area (Å²) >= 11 is 0. The van der Waals surface area contributed by atoms with Gasteiger partial charge in [0.2, 0.25) is 0 Å². The number of aliphatic carboxylic acids is 1. The second kappa shape index (κ2) is 13.0. The number of unbranched alkanes of at least 4 members (excludes halogenated alkanes) is 2. The van der Waals surface area contributed by atoms with Crippen molar-refractivity contribution in [2.24, 2.45) is 0 Å². The molecule has 0 unspecified atom stereocenters. The van der Waals surface area contributed by atoms with E-state index in [1.165, 1.54) is 16.7 Å². The van der Waals surface area contributed by atoms with Crippen LogP contribution in [-0.2, 0) is 24.3 Å². The summed E-state index contributed by atoms with van der Waals surface area (Å²) in [5, 5.41) is 9.22. The Morgan fingerprint density at radius 3 is 2.18 bits per heavy atom. The average Bonchev–Trinajstić information content (AvgIpc) is 3.31. The molecule has 0 amide bonds. The van der Waals surface area contributed by atoms with Gasteiger partial charge in [-0.2, -0.15) is 0 Å². The number of benzene rings is 3. The molecule has 39 heavy (non-hydrogen) atoms. The predicted octanol–water partition coefficient (Wildman–Crippen LogP) is 6.15. The lowest BCUT2D eigenvalue weighted by Gasteiger charge is -2.39. The highest BCUT2D eigenvalue weighted by molar-refractivity contribution is 5.77. The van der Waals surface area contributed by atoms with E-state index < -0.39 is 5.97 Å². The third kappa shape index (κ3) is 6.75. The molecule has 4 aromatic rings. The zero-order valence-electron chi connectivity index (χ0n) is 23.0. The number of aryl methyl sites for hydroxylation is 2. The van der Waals surface area contributed by atoms with Crippen LogP contribution in [0.1, 0.15) is 61.2 Å². The van der Waals surface area contributed by atoms with Crippen LogP contribution in [0, 0.1) is 0 Å². The first-order chi connectivity index (χ1) is 19.1. The van der Waals surface area contributed by atoms with Crippen LogP contribution in [0.5, 0.6) is 0 Å². The maximum absolute atomic E-state index is 11.2.